The van der Waals surface area contributed by atoms with E-state index in [4.69, 9.17) is 26.2 Å². The monoisotopic (exact) mass is 374 g/mol. The Kier molecular flexibility index (Phi) is 7.05. The fourth-order valence-corrected chi connectivity index (χ4v) is 2.38. The van der Waals surface area contributed by atoms with Gasteiger partial charge < -0.3 is 14.6 Å². The Morgan fingerprint density at radius 1 is 1.35 bits per heavy atom. The number of aromatic carboxylic acids is 1. The van der Waals surface area contributed by atoms with Gasteiger partial charge in [-0.2, -0.15) is 5.10 Å². The highest BCUT2D eigenvalue weighted by molar-refractivity contribution is 6.32. The van der Waals surface area contributed by atoms with E-state index in [1.54, 1.807) is 36.6 Å². The average Bonchev–Trinajstić information content (AvgIpc) is 2.61. The van der Waals surface area contributed by atoms with Crippen LogP contribution in [0.25, 0.3) is 0 Å². The molecular weight excluding hydrogens is 356 g/mol. The number of carboxylic acid groups (broad SMARTS) is 1. The lowest BCUT2D eigenvalue weighted by atomic mass is 10.2. The number of hydrazone groups is 1. The van der Waals surface area contributed by atoms with Gasteiger partial charge in [0.05, 0.1) is 29.1 Å². The van der Waals surface area contributed by atoms with Crippen molar-refractivity contribution < 1.29 is 19.4 Å². The van der Waals surface area contributed by atoms with Gasteiger partial charge in [0.25, 0.3) is 0 Å². The average molecular weight is 375 g/mol. The number of nitrogens with zero attached hydrogens (tertiary/aromatic N) is 1. The molecule has 0 bridgehead atoms. The van der Waals surface area contributed by atoms with E-state index in [1.807, 2.05) is 6.92 Å². The minimum absolute atomic E-state index is 0.176. The van der Waals surface area contributed by atoms with E-state index in [1.165, 1.54) is 12.1 Å². The summed E-state index contributed by atoms with van der Waals surface area (Å²) in [5.41, 5.74) is 4.22. The lowest BCUT2D eigenvalue weighted by Crippen LogP contribution is -2.01. The standard InChI is InChI=1S/C19H19ClN2O4/c1-3-8-26-18-16(20)9-13(10-17(18)25-4-2)12-21-22-15-7-5-6-14(11-15)19(23)24/h3,5-7,9-12,22H,1,4,8H2,2H3,(H,23,24). The number of hydrogen-bond acceptors (Lipinski definition) is 5. The Bertz CT molecular complexity index is 821. The Hall–Kier alpha value is -2.99. The minimum atomic E-state index is -0.999. The van der Waals surface area contributed by atoms with Crippen LogP contribution in [0.1, 0.15) is 22.8 Å². The maximum Gasteiger partial charge on any atom is 0.335 e. The molecule has 0 spiro atoms. The van der Waals surface area contributed by atoms with Gasteiger partial charge in [0.15, 0.2) is 11.5 Å². The molecule has 6 nitrogen and oxygen atoms in total. The summed E-state index contributed by atoms with van der Waals surface area (Å²) in [5, 5.41) is 13.5. The van der Waals surface area contributed by atoms with Gasteiger partial charge in [-0.05, 0) is 42.8 Å². The van der Waals surface area contributed by atoms with Crippen LogP contribution in [-0.4, -0.2) is 30.5 Å². The number of nitrogens with one attached hydrogen (secondary N) is 1. The van der Waals surface area contributed by atoms with E-state index in [9.17, 15) is 4.79 Å². The van der Waals surface area contributed by atoms with E-state index < -0.39 is 5.97 Å². The zero-order valence-electron chi connectivity index (χ0n) is 14.2. The number of benzene rings is 2. The normalized spacial score (nSPS) is 10.5. The number of rotatable bonds is 9. The zero-order chi connectivity index (χ0) is 18.9. The molecule has 0 aliphatic carbocycles. The summed E-state index contributed by atoms with van der Waals surface area (Å²) in [5.74, 6) is -0.0373. The first-order valence-electron chi connectivity index (χ1n) is 7.87. The highest BCUT2D eigenvalue weighted by Gasteiger charge is 2.11. The molecule has 0 fully saturated rings. The Balaban J connectivity index is 2.17. The third-order valence-electron chi connectivity index (χ3n) is 3.19. The molecule has 2 N–H and O–H groups in total. The second-order valence-electron chi connectivity index (χ2n) is 5.12. The minimum Gasteiger partial charge on any atom is -0.490 e. The molecule has 2 aromatic rings. The number of carboxylic acids is 1. The van der Waals surface area contributed by atoms with Crippen molar-refractivity contribution in [3.63, 3.8) is 0 Å². The van der Waals surface area contributed by atoms with Crippen LogP contribution >= 0.6 is 11.6 Å². The van der Waals surface area contributed by atoms with Gasteiger partial charge in [-0.1, -0.05) is 30.3 Å². The van der Waals surface area contributed by atoms with E-state index >= 15 is 0 Å². The fraction of sp³-hybridized carbons (Fsp3) is 0.158. The summed E-state index contributed by atoms with van der Waals surface area (Å²) < 4.78 is 11.1. The third kappa shape index (κ3) is 5.26. The van der Waals surface area contributed by atoms with Crippen LogP contribution in [-0.2, 0) is 0 Å². The van der Waals surface area contributed by atoms with Crippen LogP contribution in [0.2, 0.25) is 5.02 Å². The van der Waals surface area contributed by atoms with Gasteiger partial charge in [0.2, 0.25) is 0 Å². The number of carbonyl (C=O) groups is 1. The van der Waals surface area contributed by atoms with Crippen molar-refractivity contribution in [2.75, 3.05) is 18.6 Å². The second kappa shape index (κ2) is 9.48. The predicted molar refractivity (Wildman–Crippen MR) is 103 cm³/mol. The number of ether oxygens (including phenoxy) is 2. The molecule has 2 aromatic carbocycles. The van der Waals surface area contributed by atoms with Crippen molar-refractivity contribution in [3.8, 4) is 11.5 Å². The number of hydrogen-bond donors (Lipinski definition) is 2. The van der Waals surface area contributed by atoms with E-state index in [-0.39, 0.29) is 5.56 Å². The summed E-state index contributed by atoms with van der Waals surface area (Å²) in [7, 11) is 0. The highest BCUT2D eigenvalue weighted by Crippen LogP contribution is 2.36. The molecule has 26 heavy (non-hydrogen) atoms. The fourth-order valence-electron chi connectivity index (χ4n) is 2.11. The van der Waals surface area contributed by atoms with Gasteiger partial charge >= 0.3 is 5.97 Å². The first-order valence-corrected chi connectivity index (χ1v) is 8.25. The summed E-state index contributed by atoms with van der Waals surface area (Å²) >= 11 is 6.27. The SMILES string of the molecule is C=CCOc1c(Cl)cc(C=NNc2cccc(C(=O)O)c2)cc1OCC. The summed E-state index contributed by atoms with van der Waals surface area (Å²) in [6.45, 7) is 6.25. The summed E-state index contributed by atoms with van der Waals surface area (Å²) in [6, 6.07) is 9.80. The molecule has 0 saturated carbocycles. The lowest BCUT2D eigenvalue weighted by molar-refractivity contribution is 0.0697. The van der Waals surface area contributed by atoms with E-state index in [0.29, 0.717) is 41.0 Å². The van der Waals surface area contributed by atoms with Gasteiger partial charge in [0.1, 0.15) is 6.61 Å². The van der Waals surface area contributed by atoms with Crippen molar-refractivity contribution in [2.24, 2.45) is 5.10 Å². The number of halogens is 1. The quantitative estimate of drug-likeness (QED) is 0.385. The Morgan fingerprint density at radius 2 is 2.15 bits per heavy atom. The van der Waals surface area contributed by atoms with Crippen molar-refractivity contribution in [1.29, 1.82) is 0 Å². The molecule has 0 aliphatic heterocycles. The molecule has 0 aromatic heterocycles. The van der Waals surface area contributed by atoms with Gasteiger partial charge in [0, 0.05) is 0 Å². The van der Waals surface area contributed by atoms with Crippen LogP contribution in [0.4, 0.5) is 5.69 Å². The number of anilines is 1. The molecule has 7 heteroatoms. The largest absolute Gasteiger partial charge is 0.490 e. The Labute approximate surface area is 156 Å². The third-order valence-corrected chi connectivity index (χ3v) is 3.47. The second-order valence-corrected chi connectivity index (χ2v) is 5.53. The molecule has 0 amide bonds. The topological polar surface area (TPSA) is 80.2 Å². The summed E-state index contributed by atoms with van der Waals surface area (Å²) in [4.78, 5) is 11.0. The zero-order valence-corrected chi connectivity index (χ0v) is 15.0. The molecule has 136 valence electrons. The molecule has 0 unspecified atom stereocenters. The maximum absolute atomic E-state index is 11.0. The van der Waals surface area contributed by atoms with Crippen molar-refractivity contribution in [1.82, 2.24) is 0 Å². The van der Waals surface area contributed by atoms with Gasteiger partial charge in [-0.15, -0.1) is 0 Å². The molecule has 0 atom stereocenters. The lowest BCUT2D eigenvalue weighted by Gasteiger charge is -2.13. The molecule has 2 rings (SSSR count). The highest BCUT2D eigenvalue weighted by atomic mass is 35.5. The molecule has 0 heterocycles. The van der Waals surface area contributed by atoms with Crippen molar-refractivity contribution in [2.45, 2.75) is 6.92 Å². The smallest absolute Gasteiger partial charge is 0.335 e. The van der Waals surface area contributed by atoms with Gasteiger partial charge in [-0.25, -0.2) is 4.79 Å². The molecule has 0 radical (unpaired) electrons. The van der Waals surface area contributed by atoms with Crippen LogP contribution in [0.15, 0.2) is 54.2 Å². The predicted octanol–water partition coefficient (Wildman–Crippen LogP) is 4.45. The molecular formula is C19H19ClN2O4. The van der Waals surface area contributed by atoms with Crippen LogP contribution in [0.3, 0.4) is 0 Å². The van der Waals surface area contributed by atoms with E-state index in [0.717, 1.165) is 0 Å². The van der Waals surface area contributed by atoms with Gasteiger partial charge in [-0.3, -0.25) is 5.43 Å². The Morgan fingerprint density at radius 3 is 2.85 bits per heavy atom. The molecule has 0 saturated heterocycles. The first-order chi connectivity index (χ1) is 12.5. The van der Waals surface area contributed by atoms with Crippen LogP contribution < -0.4 is 14.9 Å². The van der Waals surface area contributed by atoms with Crippen LogP contribution in [0, 0.1) is 0 Å². The van der Waals surface area contributed by atoms with Crippen molar-refractivity contribution >= 4 is 29.5 Å². The first kappa shape index (κ1) is 19.3. The van der Waals surface area contributed by atoms with Crippen LogP contribution in [0.5, 0.6) is 11.5 Å². The molecule has 0 aliphatic rings. The maximum atomic E-state index is 11.0. The van der Waals surface area contributed by atoms with Crippen molar-refractivity contribution in [3.05, 3.63) is 65.2 Å². The summed E-state index contributed by atoms with van der Waals surface area (Å²) in [6.07, 6.45) is 3.18. The van der Waals surface area contributed by atoms with E-state index in [2.05, 4.69) is 17.1 Å².